The molecule has 3 nitrogen and oxygen atoms in total. The van der Waals surface area contributed by atoms with Crippen molar-refractivity contribution in [2.24, 2.45) is 0 Å². The van der Waals surface area contributed by atoms with Gasteiger partial charge in [0.25, 0.3) is 0 Å². The van der Waals surface area contributed by atoms with Crippen LogP contribution in [0, 0.1) is 6.92 Å². The third-order valence-corrected chi connectivity index (χ3v) is 4.43. The second kappa shape index (κ2) is 9.19. The van der Waals surface area contributed by atoms with E-state index < -0.39 is 0 Å². The largest absolute Gasteiger partial charge is 0.494 e. The van der Waals surface area contributed by atoms with Crippen molar-refractivity contribution in [2.75, 3.05) is 11.9 Å². The lowest BCUT2D eigenvalue weighted by atomic mass is 9.97. The molecule has 27 heavy (non-hydrogen) atoms. The number of ether oxygens (including phenoxy) is 1. The fraction of sp³-hybridized carbons (Fsp3) is 0.174. The van der Waals surface area contributed by atoms with E-state index in [4.69, 9.17) is 17.0 Å². The van der Waals surface area contributed by atoms with Gasteiger partial charge in [-0.1, -0.05) is 60.2 Å². The minimum Gasteiger partial charge on any atom is -0.494 e. The number of hydrogen-bond acceptors (Lipinski definition) is 2. The number of anilines is 1. The Labute approximate surface area is 166 Å². The second-order valence-corrected chi connectivity index (χ2v) is 6.72. The zero-order valence-electron chi connectivity index (χ0n) is 15.6. The van der Waals surface area contributed by atoms with Crippen LogP contribution in [0.15, 0.2) is 78.9 Å². The molecule has 0 saturated carbocycles. The molecule has 0 unspecified atom stereocenters. The number of hydrogen-bond donors (Lipinski definition) is 2. The Morgan fingerprint density at radius 2 is 1.63 bits per heavy atom. The Kier molecular flexibility index (Phi) is 6.44. The Morgan fingerprint density at radius 3 is 2.30 bits per heavy atom. The van der Waals surface area contributed by atoms with Crippen LogP contribution in [-0.4, -0.2) is 11.7 Å². The standard InChI is InChI=1S/C23H24N2OS/c1-3-26-21-14-12-20(13-15-21)24-23(27)25-22(18-9-5-4-6-10-18)19-11-7-8-17(2)16-19/h4-16,22H,3H2,1-2H3,(H2,24,25,27)/t22-/m0/s1. The highest BCUT2D eigenvalue weighted by molar-refractivity contribution is 7.80. The van der Waals surface area contributed by atoms with Crippen molar-refractivity contribution < 1.29 is 4.74 Å². The van der Waals surface area contributed by atoms with Crippen LogP contribution >= 0.6 is 12.2 Å². The molecule has 3 aromatic rings. The molecule has 0 radical (unpaired) electrons. The van der Waals surface area contributed by atoms with Crippen molar-refractivity contribution in [3.05, 3.63) is 95.6 Å². The molecule has 0 aliphatic heterocycles. The van der Waals surface area contributed by atoms with E-state index in [-0.39, 0.29) is 6.04 Å². The summed E-state index contributed by atoms with van der Waals surface area (Å²) in [5, 5.41) is 7.29. The molecule has 4 heteroatoms. The Bertz CT molecular complexity index is 878. The molecule has 3 rings (SSSR count). The van der Waals surface area contributed by atoms with Crippen LogP contribution in [0.3, 0.4) is 0 Å². The highest BCUT2D eigenvalue weighted by Gasteiger charge is 2.15. The summed E-state index contributed by atoms with van der Waals surface area (Å²) in [6.45, 7) is 4.73. The van der Waals surface area contributed by atoms with E-state index in [0.717, 1.165) is 11.4 Å². The summed E-state index contributed by atoms with van der Waals surface area (Å²) in [7, 11) is 0. The SMILES string of the molecule is CCOc1ccc(NC(=S)N[C@@H](c2ccccc2)c2cccc(C)c2)cc1. The van der Waals surface area contributed by atoms with Gasteiger partial charge in [-0.2, -0.15) is 0 Å². The molecule has 0 bridgehead atoms. The van der Waals surface area contributed by atoms with E-state index in [1.165, 1.54) is 16.7 Å². The smallest absolute Gasteiger partial charge is 0.171 e. The van der Waals surface area contributed by atoms with Gasteiger partial charge in [-0.15, -0.1) is 0 Å². The highest BCUT2D eigenvalue weighted by Crippen LogP contribution is 2.23. The van der Waals surface area contributed by atoms with Crippen LogP contribution in [-0.2, 0) is 0 Å². The second-order valence-electron chi connectivity index (χ2n) is 6.31. The lowest BCUT2D eigenvalue weighted by Crippen LogP contribution is -2.33. The maximum absolute atomic E-state index is 5.58. The Balaban J connectivity index is 1.76. The average Bonchev–Trinajstić information content (AvgIpc) is 2.68. The monoisotopic (exact) mass is 376 g/mol. The van der Waals surface area contributed by atoms with Crippen LogP contribution in [0.5, 0.6) is 5.75 Å². The summed E-state index contributed by atoms with van der Waals surface area (Å²) in [6, 6.07) is 26.6. The van der Waals surface area contributed by atoms with Gasteiger partial charge < -0.3 is 15.4 Å². The van der Waals surface area contributed by atoms with Crippen molar-refractivity contribution >= 4 is 23.0 Å². The molecule has 0 heterocycles. The zero-order valence-corrected chi connectivity index (χ0v) is 16.4. The Hall–Kier alpha value is -2.85. The van der Waals surface area contributed by atoms with E-state index in [0.29, 0.717) is 11.7 Å². The minimum absolute atomic E-state index is 0.0196. The third-order valence-electron chi connectivity index (χ3n) is 4.21. The van der Waals surface area contributed by atoms with Crippen LogP contribution in [0.2, 0.25) is 0 Å². The molecule has 138 valence electrons. The predicted octanol–water partition coefficient (Wildman–Crippen LogP) is 5.47. The third kappa shape index (κ3) is 5.31. The lowest BCUT2D eigenvalue weighted by molar-refractivity contribution is 0.340. The van der Waals surface area contributed by atoms with Gasteiger partial charge in [-0.25, -0.2) is 0 Å². The van der Waals surface area contributed by atoms with E-state index in [1.807, 2.05) is 49.4 Å². The van der Waals surface area contributed by atoms with E-state index >= 15 is 0 Å². The quantitative estimate of drug-likeness (QED) is 0.559. The number of benzene rings is 3. The van der Waals surface area contributed by atoms with Crippen molar-refractivity contribution in [1.82, 2.24) is 5.32 Å². The molecule has 0 amide bonds. The summed E-state index contributed by atoms with van der Waals surface area (Å²) in [6.07, 6.45) is 0. The average molecular weight is 377 g/mol. The normalized spacial score (nSPS) is 11.5. The van der Waals surface area contributed by atoms with Gasteiger partial charge in [-0.05, 0) is 61.5 Å². The molecule has 0 aromatic heterocycles. The van der Waals surface area contributed by atoms with Gasteiger partial charge >= 0.3 is 0 Å². The molecule has 0 fully saturated rings. The molecule has 0 aliphatic rings. The van der Waals surface area contributed by atoms with Gasteiger partial charge in [0, 0.05) is 5.69 Å². The molecule has 0 saturated heterocycles. The summed E-state index contributed by atoms with van der Waals surface area (Å²) in [5.41, 5.74) is 4.49. The van der Waals surface area contributed by atoms with Gasteiger partial charge in [0.05, 0.1) is 12.6 Å². The first-order valence-electron chi connectivity index (χ1n) is 9.07. The van der Waals surface area contributed by atoms with E-state index in [9.17, 15) is 0 Å². The summed E-state index contributed by atoms with van der Waals surface area (Å²) >= 11 is 5.58. The zero-order chi connectivity index (χ0) is 19.1. The van der Waals surface area contributed by atoms with Crippen LogP contribution in [0.25, 0.3) is 0 Å². The van der Waals surface area contributed by atoms with Crippen molar-refractivity contribution in [2.45, 2.75) is 19.9 Å². The summed E-state index contributed by atoms with van der Waals surface area (Å²) in [4.78, 5) is 0. The first-order chi connectivity index (χ1) is 13.2. The molecular formula is C23H24N2OS. The number of thiocarbonyl (C=S) groups is 1. The first kappa shape index (κ1) is 18.9. The molecule has 3 aromatic carbocycles. The highest BCUT2D eigenvalue weighted by atomic mass is 32.1. The molecular weight excluding hydrogens is 352 g/mol. The van der Waals surface area contributed by atoms with Gasteiger partial charge in [0.15, 0.2) is 5.11 Å². The van der Waals surface area contributed by atoms with Gasteiger partial charge in [-0.3, -0.25) is 0 Å². The van der Waals surface area contributed by atoms with E-state index in [1.54, 1.807) is 0 Å². The van der Waals surface area contributed by atoms with Gasteiger partial charge in [0.1, 0.15) is 5.75 Å². The molecule has 1 atom stereocenters. The molecule has 2 N–H and O–H groups in total. The maximum atomic E-state index is 5.58. The predicted molar refractivity (Wildman–Crippen MR) is 116 cm³/mol. The number of nitrogens with one attached hydrogen (secondary N) is 2. The van der Waals surface area contributed by atoms with Crippen molar-refractivity contribution in [3.63, 3.8) is 0 Å². The lowest BCUT2D eigenvalue weighted by Gasteiger charge is -2.22. The topological polar surface area (TPSA) is 33.3 Å². The summed E-state index contributed by atoms with van der Waals surface area (Å²) in [5.74, 6) is 0.851. The summed E-state index contributed by atoms with van der Waals surface area (Å²) < 4.78 is 5.48. The van der Waals surface area contributed by atoms with Crippen LogP contribution in [0.1, 0.15) is 29.7 Å². The van der Waals surface area contributed by atoms with Gasteiger partial charge in [0.2, 0.25) is 0 Å². The van der Waals surface area contributed by atoms with E-state index in [2.05, 4.69) is 54.0 Å². The maximum Gasteiger partial charge on any atom is 0.171 e. The fourth-order valence-electron chi connectivity index (χ4n) is 2.95. The van der Waals surface area contributed by atoms with Crippen LogP contribution < -0.4 is 15.4 Å². The van der Waals surface area contributed by atoms with Crippen LogP contribution in [0.4, 0.5) is 5.69 Å². The van der Waals surface area contributed by atoms with Crippen molar-refractivity contribution in [1.29, 1.82) is 0 Å². The number of aryl methyl sites for hydroxylation is 1. The Morgan fingerprint density at radius 1 is 0.926 bits per heavy atom. The van der Waals surface area contributed by atoms with Crippen molar-refractivity contribution in [3.8, 4) is 5.75 Å². The molecule has 0 aliphatic carbocycles. The fourth-order valence-corrected chi connectivity index (χ4v) is 3.19. The number of rotatable bonds is 6. The molecule has 0 spiro atoms. The first-order valence-corrected chi connectivity index (χ1v) is 9.48. The minimum atomic E-state index is -0.0196.